The minimum Gasteiger partial charge on any atom is -0.466 e. The molecular formula is C24H27FN2O5. The Balaban J connectivity index is 1.42. The van der Waals surface area contributed by atoms with E-state index in [1.54, 1.807) is 43.0 Å². The molecule has 0 saturated carbocycles. The molecule has 1 fully saturated rings. The number of furan rings is 1. The van der Waals surface area contributed by atoms with E-state index >= 15 is 0 Å². The molecule has 0 N–H and O–H groups in total. The van der Waals surface area contributed by atoms with Crippen LogP contribution in [-0.2, 0) is 14.4 Å². The molecule has 2 aliphatic rings. The number of hydrogen-bond donors (Lipinski definition) is 0. The highest BCUT2D eigenvalue weighted by atomic mass is 19.1. The van der Waals surface area contributed by atoms with E-state index in [4.69, 9.17) is 14.0 Å². The van der Waals surface area contributed by atoms with E-state index in [1.807, 2.05) is 0 Å². The highest BCUT2D eigenvalue weighted by Crippen LogP contribution is 2.40. The first-order valence-corrected chi connectivity index (χ1v) is 10.9. The molecule has 2 aromatic rings. The van der Waals surface area contributed by atoms with Crippen molar-refractivity contribution in [1.82, 2.24) is 4.90 Å². The minimum absolute atomic E-state index is 0.172. The molecule has 0 spiro atoms. The average Bonchev–Trinajstić information content (AvgIpc) is 3.43. The summed E-state index contributed by atoms with van der Waals surface area (Å²) in [5, 5.41) is 4.17. The van der Waals surface area contributed by atoms with Crippen LogP contribution in [-0.4, -0.2) is 48.3 Å². The first kappa shape index (κ1) is 22.0. The Kier molecular flexibility index (Phi) is 6.30. The van der Waals surface area contributed by atoms with Crippen LogP contribution in [0, 0.1) is 18.2 Å². The zero-order valence-corrected chi connectivity index (χ0v) is 18.3. The van der Waals surface area contributed by atoms with Crippen LogP contribution in [0.2, 0.25) is 0 Å². The molecule has 7 nitrogen and oxygen atoms in total. The number of likely N-dealkylation sites (tertiary alicyclic amines) is 1. The molecule has 0 aliphatic carbocycles. The molecular weight excluding hydrogens is 415 g/mol. The number of rotatable bonds is 6. The van der Waals surface area contributed by atoms with Crippen molar-refractivity contribution in [3.05, 3.63) is 59.3 Å². The van der Waals surface area contributed by atoms with E-state index in [2.05, 4.69) is 5.16 Å². The molecule has 1 aromatic carbocycles. The second-order valence-electron chi connectivity index (χ2n) is 8.38. The van der Waals surface area contributed by atoms with Gasteiger partial charge in [0.05, 0.1) is 17.7 Å². The van der Waals surface area contributed by atoms with Crippen molar-refractivity contribution >= 4 is 17.6 Å². The van der Waals surface area contributed by atoms with Crippen LogP contribution in [0.3, 0.4) is 0 Å². The Morgan fingerprint density at radius 2 is 1.91 bits per heavy atom. The molecule has 32 heavy (non-hydrogen) atoms. The number of oxime groups is 1. The predicted molar refractivity (Wildman–Crippen MR) is 115 cm³/mol. The van der Waals surface area contributed by atoms with Gasteiger partial charge in [0, 0.05) is 25.9 Å². The maximum absolute atomic E-state index is 13.2. The van der Waals surface area contributed by atoms with Crippen molar-refractivity contribution in [2.75, 3.05) is 19.7 Å². The molecule has 0 bridgehead atoms. The van der Waals surface area contributed by atoms with E-state index in [0.29, 0.717) is 50.3 Å². The van der Waals surface area contributed by atoms with Crippen LogP contribution in [0.5, 0.6) is 0 Å². The third-order valence-electron chi connectivity index (χ3n) is 6.20. The van der Waals surface area contributed by atoms with Crippen molar-refractivity contribution in [1.29, 1.82) is 0 Å². The molecule has 1 saturated heterocycles. The quantitative estimate of drug-likeness (QED) is 0.630. The zero-order valence-electron chi connectivity index (χ0n) is 18.3. The second-order valence-corrected chi connectivity index (χ2v) is 8.38. The molecule has 8 heteroatoms. The van der Waals surface area contributed by atoms with Gasteiger partial charge in [-0.3, -0.25) is 9.59 Å². The summed E-state index contributed by atoms with van der Waals surface area (Å²) in [4.78, 5) is 33.1. The highest BCUT2D eigenvalue weighted by Gasteiger charge is 2.46. The van der Waals surface area contributed by atoms with Crippen LogP contribution >= 0.6 is 0 Å². The lowest BCUT2D eigenvalue weighted by molar-refractivity contribution is -0.161. The lowest BCUT2D eigenvalue weighted by Crippen LogP contribution is -2.48. The summed E-state index contributed by atoms with van der Waals surface area (Å²) in [6.45, 7) is 4.72. The van der Waals surface area contributed by atoms with Crippen molar-refractivity contribution in [3.8, 4) is 0 Å². The number of carbonyl (C=O) groups excluding carboxylic acids is 2. The van der Waals surface area contributed by atoms with E-state index in [1.165, 1.54) is 12.1 Å². The Bertz CT molecular complexity index is 1010. The summed E-state index contributed by atoms with van der Waals surface area (Å²) in [6, 6.07) is 9.54. The van der Waals surface area contributed by atoms with Crippen LogP contribution in [0.4, 0.5) is 4.39 Å². The van der Waals surface area contributed by atoms with Crippen LogP contribution < -0.4 is 0 Å². The third kappa shape index (κ3) is 4.54. The first-order valence-electron chi connectivity index (χ1n) is 10.9. The number of halogens is 1. The Morgan fingerprint density at radius 1 is 1.19 bits per heavy atom. The van der Waals surface area contributed by atoms with Crippen LogP contribution in [0.1, 0.15) is 54.5 Å². The van der Waals surface area contributed by atoms with Crippen molar-refractivity contribution in [3.63, 3.8) is 0 Å². The van der Waals surface area contributed by atoms with Crippen molar-refractivity contribution in [2.45, 2.75) is 45.6 Å². The maximum Gasteiger partial charge on any atom is 0.312 e. The summed E-state index contributed by atoms with van der Waals surface area (Å²) in [7, 11) is 0. The number of carbonyl (C=O) groups is 2. The van der Waals surface area contributed by atoms with Gasteiger partial charge in [0.15, 0.2) is 5.76 Å². The van der Waals surface area contributed by atoms with Crippen LogP contribution in [0.15, 0.2) is 46.0 Å². The van der Waals surface area contributed by atoms with Gasteiger partial charge in [-0.25, -0.2) is 4.39 Å². The number of amides is 1. The molecule has 2 aliphatic heterocycles. The molecule has 4 rings (SSSR count). The van der Waals surface area contributed by atoms with E-state index in [9.17, 15) is 14.0 Å². The predicted octanol–water partition coefficient (Wildman–Crippen LogP) is 4.10. The number of hydrogen-bond acceptors (Lipinski definition) is 6. The smallest absolute Gasteiger partial charge is 0.312 e. The van der Waals surface area contributed by atoms with Gasteiger partial charge in [0.25, 0.3) is 5.91 Å². The zero-order chi connectivity index (χ0) is 22.7. The molecule has 0 unspecified atom stereocenters. The fourth-order valence-corrected chi connectivity index (χ4v) is 4.41. The van der Waals surface area contributed by atoms with Gasteiger partial charge in [0.2, 0.25) is 0 Å². The lowest BCUT2D eigenvalue weighted by Gasteiger charge is -2.40. The molecule has 1 aromatic heterocycles. The summed E-state index contributed by atoms with van der Waals surface area (Å²) < 4.78 is 24.1. The summed E-state index contributed by atoms with van der Waals surface area (Å²) in [6.07, 6.45) is 1.64. The second kappa shape index (κ2) is 9.14. The minimum atomic E-state index is -0.746. The molecule has 170 valence electrons. The van der Waals surface area contributed by atoms with Gasteiger partial charge in [0.1, 0.15) is 17.7 Å². The van der Waals surface area contributed by atoms with Gasteiger partial charge < -0.3 is 18.9 Å². The van der Waals surface area contributed by atoms with Crippen molar-refractivity contribution in [2.24, 2.45) is 10.6 Å². The first-order chi connectivity index (χ1) is 15.4. The number of piperidine rings is 1. The van der Waals surface area contributed by atoms with Crippen molar-refractivity contribution < 1.29 is 28.0 Å². The van der Waals surface area contributed by atoms with E-state index in [-0.39, 0.29) is 30.4 Å². The monoisotopic (exact) mass is 442 g/mol. The average molecular weight is 442 g/mol. The largest absolute Gasteiger partial charge is 0.466 e. The Morgan fingerprint density at radius 3 is 2.53 bits per heavy atom. The summed E-state index contributed by atoms with van der Waals surface area (Å²) >= 11 is 0. The number of nitrogens with zero attached hydrogens (tertiary/aromatic N) is 2. The van der Waals surface area contributed by atoms with Gasteiger partial charge in [-0.2, -0.15) is 0 Å². The molecule has 1 amide bonds. The van der Waals surface area contributed by atoms with Gasteiger partial charge in [-0.1, -0.05) is 17.3 Å². The topological polar surface area (TPSA) is 81.3 Å². The van der Waals surface area contributed by atoms with Gasteiger partial charge >= 0.3 is 5.97 Å². The molecule has 3 heterocycles. The maximum atomic E-state index is 13.2. The summed E-state index contributed by atoms with van der Waals surface area (Å²) in [5.74, 6) is 0.246. The SMILES string of the molecule is CCOC(=O)C1(C[C@H]2CC(c3ccc(F)cc3)=NO2)CCN(C(=O)c2ccc(C)o2)CC1. The highest BCUT2D eigenvalue weighted by molar-refractivity contribution is 6.01. The van der Waals surface area contributed by atoms with Gasteiger partial charge in [-0.05, 0) is 56.5 Å². The standard InChI is InChI=1S/C24H27FN2O5/c1-3-30-23(29)24(10-12-27(13-11-24)22(28)21-9-4-16(2)31-21)15-19-14-20(26-32-19)17-5-7-18(25)8-6-17/h4-9,19H,3,10-15H2,1-2H3/t19-/m1/s1. The third-order valence-corrected chi connectivity index (χ3v) is 6.20. The normalized spacial score (nSPS) is 19.9. The Labute approximate surface area is 186 Å². The molecule has 1 atom stereocenters. The van der Waals surface area contributed by atoms with Gasteiger partial charge in [-0.15, -0.1) is 0 Å². The van der Waals surface area contributed by atoms with E-state index in [0.717, 1.165) is 11.3 Å². The van der Waals surface area contributed by atoms with Crippen LogP contribution in [0.25, 0.3) is 0 Å². The number of aryl methyl sites for hydroxylation is 1. The number of benzene rings is 1. The molecule has 0 radical (unpaired) electrons. The lowest BCUT2D eigenvalue weighted by atomic mass is 9.73. The van der Waals surface area contributed by atoms with E-state index < -0.39 is 5.41 Å². The number of ether oxygens (including phenoxy) is 1. The summed E-state index contributed by atoms with van der Waals surface area (Å²) in [5.41, 5.74) is 0.785. The number of esters is 1. The fraction of sp³-hybridized carbons (Fsp3) is 0.458. The fourth-order valence-electron chi connectivity index (χ4n) is 4.41. The Hall–Kier alpha value is -3.16.